The number of pyridine rings is 1. The number of amides is 1. The number of aliphatic hydroxyl groups is 1. The molecule has 7 heteroatoms. The minimum atomic E-state index is -4.45. The molecule has 0 atom stereocenters. The van der Waals surface area contributed by atoms with Crippen LogP contribution in [-0.2, 0) is 6.18 Å². The highest BCUT2D eigenvalue weighted by Gasteiger charge is 2.31. The predicted octanol–water partition coefficient (Wildman–Crippen LogP) is 2.33. The van der Waals surface area contributed by atoms with Crippen LogP contribution in [0.1, 0.15) is 35.3 Å². The van der Waals surface area contributed by atoms with Crippen molar-refractivity contribution in [2.75, 3.05) is 20.2 Å². The van der Waals surface area contributed by atoms with Gasteiger partial charge in [-0.2, -0.15) is 13.2 Å². The van der Waals surface area contributed by atoms with E-state index in [0.717, 1.165) is 25.0 Å². The molecular weight excluding hydrogens is 273 g/mol. The van der Waals surface area contributed by atoms with Gasteiger partial charge in [-0.05, 0) is 31.4 Å². The summed E-state index contributed by atoms with van der Waals surface area (Å²) in [5, 5.41) is 8.63. The van der Waals surface area contributed by atoms with Gasteiger partial charge in [-0.25, -0.2) is 0 Å². The summed E-state index contributed by atoms with van der Waals surface area (Å²) < 4.78 is 37.1. The number of alkyl halides is 3. The highest BCUT2D eigenvalue weighted by molar-refractivity contribution is 5.92. The molecule has 1 rings (SSSR count). The zero-order chi connectivity index (χ0) is 15.2. The summed E-state index contributed by atoms with van der Waals surface area (Å²) >= 11 is 0. The Kier molecular flexibility index (Phi) is 5.94. The van der Waals surface area contributed by atoms with Gasteiger partial charge in [-0.15, -0.1) is 0 Å². The van der Waals surface area contributed by atoms with Crippen LogP contribution in [0.3, 0.4) is 0 Å². The molecule has 0 aliphatic rings. The lowest BCUT2D eigenvalue weighted by Gasteiger charge is -2.16. The van der Waals surface area contributed by atoms with Crippen LogP contribution in [0.4, 0.5) is 13.2 Å². The summed E-state index contributed by atoms with van der Waals surface area (Å²) in [5.41, 5.74) is -0.887. The molecule has 0 radical (unpaired) electrons. The minimum absolute atomic E-state index is 0.0114. The third-order valence-electron chi connectivity index (χ3n) is 2.81. The van der Waals surface area contributed by atoms with Gasteiger partial charge in [-0.1, -0.05) is 0 Å². The lowest BCUT2D eigenvalue weighted by molar-refractivity contribution is -0.137. The quantitative estimate of drug-likeness (QED) is 0.818. The lowest BCUT2D eigenvalue weighted by atomic mass is 10.2. The second-order valence-corrected chi connectivity index (χ2v) is 4.44. The average Bonchev–Trinajstić information content (AvgIpc) is 2.41. The largest absolute Gasteiger partial charge is 0.417 e. The fourth-order valence-electron chi connectivity index (χ4n) is 1.62. The summed E-state index contributed by atoms with van der Waals surface area (Å²) in [4.78, 5) is 16.9. The van der Waals surface area contributed by atoms with E-state index in [1.54, 1.807) is 7.05 Å². The van der Waals surface area contributed by atoms with Crippen molar-refractivity contribution >= 4 is 5.91 Å². The maximum atomic E-state index is 12.4. The average molecular weight is 290 g/mol. The monoisotopic (exact) mass is 290 g/mol. The number of halogens is 3. The Morgan fingerprint density at radius 2 is 2.00 bits per heavy atom. The van der Waals surface area contributed by atoms with Crippen LogP contribution in [0.15, 0.2) is 18.3 Å². The summed E-state index contributed by atoms with van der Waals surface area (Å²) in [6.07, 6.45) is -1.61. The summed E-state index contributed by atoms with van der Waals surface area (Å²) in [6, 6.07) is 1.93. The summed E-state index contributed by atoms with van der Waals surface area (Å²) in [5.74, 6) is -0.414. The molecule has 20 heavy (non-hydrogen) atoms. The molecule has 0 aliphatic carbocycles. The predicted molar refractivity (Wildman–Crippen MR) is 67.1 cm³/mol. The van der Waals surface area contributed by atoms with Gasteiger partial charge in [0, 0.05) is 26.4 Å². The highest BCUT2D eigenvalue weighted by atomic mass is 19.4. The molecule has 1 amide bonds. The zero-order valence-electron chi connectivity index (χ0n) is 11.2. The van der Waals surface area contributed by atoms with E-state index in [0.29, 0.717) is 19.2 Å². The fourth-order valence-corrected chi connectivity index (χ4v) is 1.62. The lowest BCUT2D eigenvalue weighted by Crippen LogP contribution is -2.28. The number of hydrogen-bond donors (Lipinski definition) is 1. The molecule has 0 unspecified atom stereocenters. The molecule has 4 nitrogen and oxygen atoms in total. The van der Waals surface area contributed by atoms with Gasteiger partial charge < -0.3 is 10.0 Å². The van der Waals surface area contributed by atoms with Gasteiger partial charge in [0.1, 0.15) is 5.69 Å². The molecule has 0 fully saturated rings. The normalized spacial score (nSPS) is 11.4. The maximum absolute atomic E-state index is 12.4. The van der Waals surface area contributed by atoms with Gasteiger partial charge in [0.2, 0.25) is 0 Å². The third kappa shape index (κ3) is 4.80. The number of aliphatic hydroxyl groups excluding tert-OH is 1. The first-order chi connectivity index (χ1) is 9.36. The minimum Gasteiger partial charge on any atom is -0.396 e. The SMILES string of the molecule is CN(CCCCCO)C(=O)c1ccc(C(F)(F)F)cn1. The Morgan fingerprint density at radius 1 is 1.30 bits per heavy atom. The fraction of sp³-hybridized carbons (Fsp3) is 0.538. The molecular formula is C13H17F3N2O2. The van der Waals surface area contributed by atoms with Crippen LogP contribution in [-0.4, -0.2) is 41.1 Å². The first-order valence-corrected chi connectivity index (χ1v) is 6.26. The first kappa shape index (κ1) is 16.4. The second-order valence-electron chi connectivity index (χ2n) is 4.44. The van der Waals surface area contributed by atoms with Crippen LogP contribution in [0.2, 0.25) is 0 Å². The molecule has 0 saturated carbocycles. The van der Waals surface area contributed by atoms with E-state index >= 15 is 0 Å². The van der Waals surface area contributed by atoms with E-state index in [1.165, 1.54) is 4.90 Å². The van der Waals surface area contributed by atoms with Crippen LogP contribution < -0.4 is 0 Å². The molecule has 1 aromatic rings. The van der Waals surface area contributed by atoms with Crippen LogP contribution in [0, 0.1) is 0 Å². The van der Waals surface area contributed by atoms with Gasteiger partial charge >= 0.3 is 6.18 Å². The van der Waals surface area contributed by atoms with E-state index in [-0.39, 0.29) is 12.3 Å². The summed E-state index contributed by atoms with van der Waals surface area (Å²) in [7, 11) is 1.57. The molecule has 1 heterocycles. The first-order valence-electron chi connectivity index (χ1n) is 6.26. The van der Waals surface area contributed by atoms with Crippen molar-refractivity contribution in [1.29, 1.82) is 0 Å². The van der Waals surface area contributed by atoms with Crippen molar-refractivity contribution in [3.63, 3.8) is 0 Å². The van der Waals surface area contributed by atoms with Crippen LogP contribution in [0.5, 0.6) is 0 Å². The Bertz CT molecular complexity index is 432. The molecule has 0 bridgehead atoms. The van der Waals surface area contributed by atoms with E-state index < -0.39 is 17.6 Å². The number of rotatable bonds is 6. The molecule has 0 saturated heterocycles. The molecule has 1 aromatic heterocycles. The van der Waals surface area contributed by atoms with E-state index in [2.05, 4.69) is 4.98 Å². The van der Waals surface area contributed by atoms with E-state index in [1.807, 2.05) is 0 Å². The highest BCUT2D eigenvalue weighted by Crippen LogP contribution is 2.28. The Hall–Kier alpha value is -1.63. The van der Waals surface area contributed by atoms with Crippen molar-refractivity contribution in [3.05, 3.63) is 29.6 Å². The van der Waals surface area contributed by atoms with E-state index in [9.17, 15) is 18.0 Å². The molecule has 112 valence electrons. The zero-order valence-corrected chi connectivity index (χ0v) is 11.2. The Labute approximate surface area is 115 Å². The standard InChI is InChI=1S/C13H17F3N2O2/c1-18(7-3-2-4-8-19)12(20)11-6-5-10(9-17-11)13(14,15)16/h5-6,9,19H,2-4,7-8H2,1H3. The number of carbonyl (C=O) groups excluding carboxylic acids is 1. The summed E-state index contributed by atoms with van der Waals surface area (Å²) in [6.45, 7) is 0.583. The van der Waals surface area contributed by atoms with Crippen molar-refractivity contribution in [1.82, 2.24) is 9.88 Å². The molecule has 0 spiro atoms. The van der Waals surface area contributed by atoms with Crippen LogP contribution in [0.25, 0.3) is 0 Å². The van der Waals surface area contributed by atoms with Crippen molar-refractivity contribution in [3.8, 4) is 0 Å². The van der Waals surface area contributed by atoms with Crippen molar-refractivity contribution < 1.29 is 23.1 Å². The number of unbranched alkanes of at least 4 members (excludes halogenated alkanes) is 2. The Morgan fingerprint density at radius 3 is 2.50 bits per heavy atom. The Balaban J connectivity index is 2.59. The van der Waals surface area contributed by atoms with Gasteiger partial charge in [0.05, 0.1) is 5.56 Å². The number of aromatic nitrogens is 1. The van der Waals surface area contributed by atoms with Gasteiger partial charge in [0.25, 0.3) is 5.91 Å². The number of nitrogens with zero attached hydrogens (tertiary/aromatic N) is 2. The molecule has 1 N–H and O–H groups in total. The van der Waals surface area contributed by atoms with Crippen LogP contribution >= 0.6 is 0 Å². The van der Waals surface area contributed by atoms with Crippen molar-refractivity contribution in [2.24, 2.45) is 0 Å². The second kappa shape index (κ2) is 7.23. The molecule has 0 aromatic carbocycles. The van der Waals surface area contributed by atoms with Gasteiger partial charge in [0.15, 0.2) is 0 Å². The number of carbonyl (C=O) groups is 1. The topological polar surface area (TPSA) is 53.4 Å². The third-order valence-corrected chi connectivity index (χ3v) is 2.81. The smallest absolute Gasteiger partial charge is 0.396 e. The molecule has 0 aliphatic heterocycles. The van der Waals surface area contributed by atoms with Gasteiger partial charge in [-0.3, -0.25) is 9.78 Å². The number of hydrogen-bond acceptors (Lipinski definition) is 3. The van der Waals surface area contributed by atoms with Crippen molar-refractivity contribution in [2.45, 2.75) is 25.4 Å². The van der Waals surface area contributed by atoms with E-state index in [4.69, 9.17) is 5.11 Å². The maximum Gasteiger partial charge on any atom is 0.417 e.